The number of unbranched alkanes of at least 4 members (excludes halogenated alkanes) is 1. The van der Waals surface area contributed by atoms with Gasteiger partial charge in [0.15, 0.2) is 0 Å². The third-order valence-corrected chi connectivity index (χ3v) is 2.31. The lowest BCUT2D eigenvalue weighted by molar-refractivity contribution is 0.102. The quantitative estimate of drug-likeness (QED) is 0.628. The maximum atomic E-state index is 11.3. The lowest BCUT2D eigenvalue weighted by Gasteiger charge is -2.14. The molecule has 0 radical (unpaired) electrons. The molecule has 5 nitrogen and oxygen atoms in total. The second-order valence-electron chi connectivity index (χ2n) is 3.60. The van der Waals surface area contributed by atoms with Crippen molar-refractivity contribution < 1.29 is 14.6 Å². The lowest BCUT2D eigenvalue weighted by atomic mass is 10.2. The first-order chi connectivity index (χ1) is 6.65. The number of hydrogen-bond acceptors (Lipinski definition) is 4. The molecule has 0 aromatic rings. The Bertz CT molecular complexity index is 188. The summed E-state index contributed by atoms with van der Waals surface area (Å²) in [4.78, 5) is 12.8. The van der Waals surface area contributed by atoms with Crippen LogP contribution in [0, 0.1) is 0 Å². The molecule has 1 amide bonds. The number of likely N-dealkylation sites (tertiary alicyclic amines) is 1. The van der Waals surface area contributed by atoms with Gasteiger partial charge in [0.2, 0.25) is 0 Å². The summed E-state index contributed by atoms with van der Waals surface area (Å²) in [6, 6.07) is -0.339. The monoisotopic (exact) mass is 202 g/mol. The Labute approximate surface area is 83.8 Å². The highest BCUT2D eigenvalue weighted by atomic mass is 16.6. The number of ether oxygens (including phenoxy) is 1. The van der Waals surface area contributed by atoms with Crippen LogP contribution >= 0.6 is 0 Å². The summed E-state index contributed by atoms with van der Waals surface area (Å²) in [7, 11) is 0. The van der Waals surface area contributed by atoms with Crippen LogP contribution in [0.15, 0.2) is 0 Å². The summed E-state index contributed by atoms with van der Waals surface area (Å²) in [6.45, 7) is 3.14. The fourth-order valence-electron chi connectivity index (χ4n) is 1.36. The van der Waals surface area contributed by atoms with Gasteiger partial charge in [-0.05, 0) is 6.42 Å². The summed E-state index contributed by atoms with van der Waals surface area (Å²) < 4.78 is 4.98. The van der Waals surface area contributed by atoms with E-state index in [1.807, 2.05) is 6.92 Å². The van der Waals surface area contributed by atoms with Crippen molar-refractivity contribution in [1.82, 2.24) is 4.90 Å². The zero-order valence-electron chi connectivity index (χ0n) is 8.48. The molecule has 1 heterocycles. The van der Waals surface area contributed by atoms with Crippen molar-refractivity contribution in [2.75, 3.05) is 19.7 Å². The van der Waals surface area contributed by atoms with Crippen LogP contribution in [0.25, 0.3) is 0 Å². The number of aliphatic hydroxyl groups is 1. The van der Waals surface area contributed by atoms with Crippen molar-refractivity contribution in [3.8, 4) is 0 Å². The Morgan fingerprint density at radius 1 is 1.64 bits per heavy atom. The van der Waals surface area contributed by atoms with Crippen LogP contribution in [0.1, 0.15) is 19.8 Å². The SMILES string of the molecule is CCCCOC(=O)N1CC(N)C(O)C1. The lowest BCUT2D eigenvalue weighted by Crippen LogP contribution is -2.33. The molecular weight excluding hydrogens is 184 g/mol. The van der Waals surface area contributed by atoms with E-state index in [-0.39, 0.29) is 18.7 Å². The summed E-state index contributed by atoms with van der Waals surface area (Å²) in [5.41, 5.74) is 5.56. The van der Waals surface area contributed by atoms with Gasteiger partial charge in [0.1, 0.15) is 0 Å². The minimum Gasteiger partial charge on any atom is -0.449 e. The molecule has 0 aromatic heterocycles. The fraction of sp³-hybridized carbons (Fsp3) is 0.889. The average molecular weight is 202 g/mol. The Morgan fingerprint density at radius 2 is 2.36 bits per heavy atom. The molecule has 1 saturated heterocycles. The zero-order chi connectivity index (χ0) is 10.6. The number of nitrogens with zero attached hydrogens (tertiary/aromatic N) is 1. The summed E-state index contributed by atoms with van der Waals surface area (Å²) in [6.07, 6.45) is 0.878. The van der Waals surface area contributed by atoms with Gasteiger partial charge in [-0.25, -0.2) is 4.79 Å². The molecule has 14 heavy (non-hydrogen) atoms. The van der Waals surface area contributed by atoms with Crippen LogP contribution in [0.3, 0.4) is 0 Å². The van der Waals surface area contributed by atoms with E-state index in [0.29, 0.717) is 13.2 Å². The first-order valence-corrected chi connectivity index (χ1v) is 5.00. The number of β-amino-alcohol motifs (C(OH)–C–C–N with tert-alkyl or cyclic N) is 1. The van der Waals surface area contributed by atoms with Crippen molar-refractivity contribution in [2.24, 2.45) is 5.73 Å². The Kier molecular flexibility index (Phi) is 4.16. The molecule has 3 N–H and O–H groups in total. The van der Waals surface area contributed by atoms with E-state index in [0.717, 1.165) is 12.8 Å². The maximum Gasteiger partial charge on any atom is 0.409 e. The summed E-state index contributed by atoms with van der Waals surface area (Å²) >= 11 is 0. The highest BCUT2D eigenvalue weighted by Gasteiger charge is 2.32. The van der Waals surface area contributed by atoms with Crippen LogP contribution in [-0.4, -0.2) is 47.9 Å². The number of carbonyl (C=O) groups is 1. The summed E-state index contributed by atoms with van der Waals surface area (Å²) in [5.74, 6) is 0. The van der Waals surface area contributed by atoms with Crippen LogP contribution < -0.4 is 5.73 Å². The normalized spacial score (nSPS) is 26.6. The predicted octanol–water partition coefficient (Wildman–Crippen LogP) is -0.0731. The van der Waals surface area contributed by atoms with E-state index in [2.05, 4.69) is 0 Å². The van der Waals surface area contributed by atoms with E-state index < -0.39 is 6.10 Å². The first-order valence-electron chi connectivity index (χ1n) is 5.00. The smallest absolute Gasteiger partial charge is 0.409 e. The number of amides is 1. The van der Waals surface area contributed by atoms with Gasteiger partial charge in [-0.15, -0.1) is 0 Å². The molecule has 1 fully saturated rings. The van der Waals surface area contributed by atoms with Crippen molar-refractivity contribution in [3.05, 3.63) is 0 Å². The number of aliphatic hydroxyl groups excluding tert-OH is 1. The highest BCUT2D eigenvalue weighted by molar-refractivity contribution is 5.68. The van der Waals surface area contributed by atoms with E-state index in [4.69, 9.17) is 10.5 Å². The van der Waals surface area contributed by atoms with Crippen LogP contribution in [0.5, 0.6) is 0 Å². The van der Waals surface area contributed by atoms with Crippen molar-refractivity contribution in [3.63, 3.8) is 0 Å². The van der Waals surface area contributed by atoms with Crippen molar-refractivity contribution >= 4 is 6.09 Å². The third-order valence-electron chi connectivity index (χ3n) is 2.31. The topological polar surface area (TPSA) is 75.8 Å². The largest absolute Gasteiger partial charge is 0.449 e. The maximum absolute atomic E-state index is 11.3. The van der Waals surface area contributed by atoms with Gasteiger partial charge >= 0.3 is 6.09 Å². The van der Waals surface area contributed by atoms with Gasteiger partial charge in [-0.3, -0.25) is 0 Å². The Morgan fingerprint density at radius 3 is 2.86 bits per heavy atom. The number of nitrogens with two attached hydrogens (primary N) is 1. The molecule has 0 saturated carbocycles. The van der Waals surface area contributed by atoms with Gasteiger partial charge in [0, 0.05) is 6.54 Å². The van der Waals surface area contributed by atoms with Gasteiger partial charge in [0.05, 0.1) is 25.3 Å². The number of hydrogen-bond donors (Lipinski definition) is 2. The van der Waals surface area contributed by atoms with Crippen LogP contribution in [-0.2, 0) is 4.74 Å². The molecule has 82 valence electrons. The van der Waals surface area contributed by atoms with Crippen molar-refractivity contribution in [1.29, 1.82) is 0 Å². The van der Waals surface area contributed by atoms with Crippen LogP contribution in [0.4, 0.5) is 4.79 Å². The third kappa shape index (κ3) is 2.85. The molecule has 0 aromatic carbocycles. The van der Waals surface area contributed by atoms with Gasteiger partial charge in [0.25, 0.3) is 0 Å². The second kappa shape index (κ2) is 5.17. The van der Waals surface area contributed by atoms with E-state index in [1.54, 1.807) is 0 Å². The van der Waals surface area contributed by atoms with Crippen molar-refractivity contribution in [2.45, 2.75) is 31.9 Å². The Balaban J connectivity index is 2.25. The molecule has 2 atom stereocenters. The summed E-state index contributed by atoms with van der Waals surface area (Å²) in [5, 5.41) is 9.31. The molecule has 0 aliphatic carbocycles. The fourth-order valence-corrected chi connectivity index (χ4v) is 1.36. The molecule has 1 aliphatic heterocycles. The molecule has 0 bridgehead atoms. The minimum absolute atomic E-state index is 0.284. The highest BCUT2D eigenvalue weighted by Crippen LogP contribution is 2.09. The van der Waals surface area contributed by atoms with Gasteiger partial charge < -0.3 is 20.5 Å². The predicted molar refractivity (Wildman–Crippen MR) is 51.8 cm³/mol. The van der Waals surface area contributed by atoms with Gasteiger partial charge in [-0.1, -0.05) is 13.3 Å². The molecule has 5 heteroatoms. The van der Waals surface area contributed by atoms with E-state index >= 15 is 0 Å². The van der Waals surface area contributed by atoms with Gasteiger partial charge in [-0.2, -0.15) is 0 Å². The molecule has 1 aliphatic rings. The Hall–Kier alpha value is -0.810. The average Bonchev–Trinajstić information content (AvgIpc) is 2.47. The molecule has 1 rings (SSSR count). The zero-order valence-corrected chi connectivity index (χ0v) is 8.48. The molecule has 2 unspecified atom stereocenters. The van der Waals surface area contributed by atoms with E-state index in [9.17, 15) is 9.90 Å². The minimum atomic E-state index is -0.617. The second-order valence-corrected chi connectivity index (χ2v) is 3.60. The number of carbonyl (C=O) groups excluding carboxylic acids is 1. The molecule has 0 spiro atoms. The first kappa shape index (κ1) is 11.3. The standard InChI is InChI=1S/C9H18N2O3/c1-2-3-4-14-9(13)11-5-7(10)8(12)6-11/h7-8,12H,2-6,10H2,1H3. The number of rotatable bonds is 3. The van der Waals surface area contributed by atoms with E-state index in [1.165, 1.54) is 4.90 Å². The van der Waals surface area contributed by atoms with Crippen LogP contribution in [0.2, 0.25) is 0 Å². The molecular formula is C9H18N2O3.